The third-order valence-corrected chi connectivity index (χ3v) is 4.55. The van der Waals surface area contributed by atoms with Crippen LogP contribution in [0.2, 0.25) is 0 Å². The Labute approximate surface area is 135 Å². The van der Waals surface area contributed by atoms with Crippen molar-refractivity contribution in [1.82, 2.24) is 5.16 Å². The van der Waals surface area contributed by atoms with Crippen molar-refractivity contribution in [3.8, 4) is 0 Å². The van der Waals surface area contributed by atoms with Crippen molar-refractivity contribution in [2.45, 2.75) is 24.4 Å². The number of aliphatic hydroxyl groups excluding tert-OH is 2. The van der Waals surface area contributed by atoms with Crippen molar-refractivity contribution in [2.24, 2.45) is 5.73 Å². The molecule has 0 spiro atoms. The van der Waals surface area contributed by atoms with Gasteiger partial charge in [-0.3, -0.25) is 13.4 Å². The molecule has 23 heavy (non-hydrogen) atoms. The van der Waals surface area contributed by atoms with Crippen LogP contribution in [0, 0.1) is 0 Å². The van der Waals surface area contributed by atoms with Crippen molar-refractivity contribution in [3.05, 3.63) is 17.5 Å². The Morgan fingerprint density at radius 3 is 2.78 bits per heavy atom. The molecule has 5 N–H and O–H groups in total. The number of carbonyl (C=O) groups excluding carboxylic acids is 1. The largest absolute Gasteiger partial charge is 0.387 e. The van der Waals surface area contributed by atoms with Crippen molar-refractivity contribution in [2.75, 3.05) is 6.61 Å². The first-order chi connectivity index (χ1) is 11.0. The van der Waals surface area contributed by atoms with Gasteiger partial charge in [0, 0.05) is 6.07 Å². The quantitative estimate of drug-likeness (QED) is 0.320. The molecule has 2 heterocycles. The topological polar surface area (TPSA) is 167 Å². The van der Waals surface area contributed by atoms with Crippen LogP contribution in [0.15, 0.2) is 10.6 Å². The van der Waals surface area contributed by atoms with E-state index in [-0.39, 0.29) is 36.1 Å². The zero-order valence-electron chi connectivity index (χ0n) is 11.4. The van der Waals surface area contributed by atoms with Gasteiger partial charge in [-0.25, -0.2) is 0 Å². The summed E-state index contributed by atoms with van der Waals surface area (Å²) in [7, 11) is -1.40. The van der Waals surface area contributed by atoms with E-state index in [1.165, 1.54) is 6.07 Å². The molecule has 0 aliphatic carbocycles. The molecule has 3 unspecified atom stereocenters. The normalized spacial score (nSPS) is 29.0. The molecule has 1 saturated heterocycles. The molecule has 1 aliphatic rings. The molecule has 0 bridgehead atoms. The van der Waals surface area contributed by atoms with E-state index >= 15 is 0 Å². The Morgan fingerprint density at radius 1 is 1.35 bits per heavy atom. The van der Waals surface area contributed by atoms with E-state index in [2.05, 4.69) is 9.47 Å². The molecule has 0 aromatic carbocycles. The van der Waals surface area contributed by atoms with Crippen LogP contribution in [0.25, 0.3) is 0 Å². The smallest absolute Gasteiger partial charge is 0.270 e. The number of nitrogens with two attached hydrogens (primary N) is 1. The molecular formula is C9H15N2O9P3. The highest BCUT2D eigenvalue weighted by Crippen LogP contribution is 2.36. The number of carbonyl (C=O) groups is 1. The molecule has 1 amide bonds. The van der Waals surface area contributed by atoms with Gasteiger partial charge in [-0.15, -0.1) is 0 Å². The molecule has 130 valence electrons. The lowest BCUT2D eigenvalue weighted by Gasteiger charge is -2.13. The fourth-order valence-corrected chi connectivity index (χ4v) is 3.16. The summed E-state index contributed by atoms with van der Waals surface area (Å²) >= 11 is 0. The zero-order chi connectivity index (χ0) is 16.8. The van der Waals surface area contributed by atoms with Crippen LogP contribution in [-0.2, 0) is 17.9 Å². The maximum Gasteiger partial charge on any atom is 0.270 e. The molecule has 11 nitrogen and oxygen atoms in total. The summed E-state index contributed by atoms with van der Waals surface area (Å²) in [6.07, 6.45) is -4.31. The van der Waals surface area contributed by atoms with Crippen LogP contribution in [0.3, 0.4) is 0 Å². The van der Waals surface area contributed by atoms with E-state index < -0.39 is 39.4 Å². The number of hydrogen-bond acceptors (Lipinski definition) is 10. The monoisotopic (exact) mass is 388 g/mol. The average Bonchev–Trinajstić information content (AvgIpc) is 3.11. The third-order valence-electron chi connectivity index (χ3n) is 2.90. The van der Waals surface area contributed by atoms with Gasteiger partial charge in [0.1, 0.15) is 24.4 Å². The van der Waals surface area contributed by atoms with E-state index in [1.54, 1.807) is 0 Å². The summed E-state index contributed by atoms with van der Waals surface area (Å²) in [5.74, 6) is -0.705. The molecule has 1 fully saturated rings. The molecule has 14 heteroatoms. The molecule has 0 saturated carbocycles. The van der Waals surface area contributed by atoms with Crippen LogP contribution in [0.5, 0.6) is 0 Å². The minimum Gasteiger partial charge on any atom is -0.387 e. The molecule has 7 atom stereocenters. The van der Waals surface area contributed by atoms with Crippen molar-refractivity contribution >= 4 is 33.0 Å². The van der Waals surface area contributed by atoms with Gasteiger partial charge in [0.25, 0.3) is 5.91 Å². The van der Waals surface area contributed by atoms with Crippen LogP contribution in [0.4, 0.5) is 0 Å². The molecule has 1 aliphatic heterocycles. The Bertz CT molecular complexity index is 518. The number of aliphatic hydroxyl groups is 2. The summed E-state index contributed by atoms with van der Waals surface area (Å²) in [5.41, 5.74) is 4.95. The van der Waals surface area contributed by atoms with Gasteiger partial charge in [-0.2, -0.15) is 0 Å². The lowest BCUT2D eigenvalue weighted by molar-refractivity contribution is -0.0243. The van der Waals surface area contributed by atoms with E-state index in [0.717, 1.165) is 0 Å². The number of aromatic nitrogens is 1. The Hall–Kier alpha value is -0.310. The highest BCUT2D eigenvalue weighted by molar-refractivity contribution is 7.46. The Balaban J connectivity index is 1.84. The van der Waals surface area contributed by atoms with Crippen molar-refractivity contribution < 1.29 is 42.3 Å². The van der Waals surface area contributed by atoms with E-state index in [1.807, 2.05) is 0 Å². The number of rotatable bonds is 9. The van der Waals surface area contributed by atoms with E-state index in [0.29, 0.717) is 0 Å². The molecular weight excluding hydrogens is 373 g/mol. The van der Waals surface area contributed by atoms with Crippen molar-refractivity contribution in [1.29, 1.82) is 0 Å². The van der Waals surface area contributed by atoms with Gasteiger partial charge >= 0.3 is 0 Å². The fourth-order valence-electron chi connectivity index (χ4n) is 1.86. The summed E-state index contributed by atoms with van der Waals surface area (Å²) < 4.78 is 25.0. The number of primary amides is 1. The van der Waals surface area contributed by atoms with Gasteiger partial charge in [0.2, 0.25) is 0 Å². The van der Waals surface area contributed by atoms with Gasteiger partial charge in [-0.1, -0.05) is 5.16 Å². The minimum absolute atomic E-state index is 0.0458. The van der Waals surface area contributed by atoms with Gasteiger partial charge < -0.3 is 34.6 Å². The first-order valence-electron chi connectivity index (χ1n) is 6.15. The van der Waals surface area contributed by atoms with Crippen LogP contribution in [0.1, 0.15) is 22.4 Å². The summed E-state index contributed by atoms with van der Waals surface area (Å²) in [4.78, 5) is 19.4. The van der Waals surface area contributed by atoms with Crippen LogP contribution in [-0.4, -0.2) is 51.1 Å². The standard InChI is InChI=1S/C9H15N2O9P3/c10-9(14)3-1-4(18-11-3)8-7(13)6(12)5(17-8)2-16-22-20-23-19-21-15/h1,5-8,12-13,15,21-23H,2H2,(H2,10,14)/t5-,6-,7-,8+/m1/s1. The van der Waals surface area contributed by atoms with Gasteiger partial charge in [0.05, 0.1) is 6.61 Å². The number of hydrogen-bond donors (Lipinski definition) is 4. The highest BCUT2D eigenvalue weighted by Gasteiger charge is 2.45. The fraction of sp³-hybridized carbons (Fsp3) is 0.556. The lowest BCUT2D eigenvalue weighted by atomic mass is 10.1. The maximum atomic E-state index is 11.0. The predicted molar refractivity (Wildman–Crippen MR) is 79.9 cm³/mol. The second-order valence-corrected chi connectivity index (χ2v) is 6.77. The summed E-state index contributed by atoms with van der Waals surface area (Å²) in [6, 6.07) is 1.24. The first kappa shape index (κ1) is 19.0. The van der Waals surface area contributed by atoms with Crippen LogP contribution < -0.4 is 5.73 Å². The third kappa shape index (κ3) is 5.08. The number of nitrogens with zero attached hydrogens (tertiary/aromatic N) is 1. The maximum absolute atomic E-state index is 11.0. The van der Waals surface area contributed by atoms with E-state index in [4.69, 9.17) is 28.7 Å². The van der Waals surface area contributed by atoms with Gasteiger partial charge in [-0.05, 0) is 0 Å². The van der Waals surface area contributed by atoms with Crippen LogP contribution >= 0.6 is 27.1 Å². The molecule has 2 rings (SSSR count). The average molecular weight is 388 g/mol. The minimum atomic E-state index is -1.28. The van der Waals surface area contributed by atoms with Gasteiger partial charge in [0.15, 0.2) is 38.6 Å². The molecule has 1 aromatic rings. The summed E-state index contributed by atoms with van der Waals surface area (Å²) in [5, 5.41) is 23.4. The second kappa shape index (κ2) is 9.25. The zero-order valence-corrected chi connectivity index (χ0v) is 14.4. The predicted octanol–water partition coefficient (Wildman–Crippen LogP) is -0.497. The molecule has 1 aromatic heterocycles. The lowest BCUT2D eigenvalue weighted by Crippen LogP contribution is -2.32. The number of amides is 1. The Kier molecular flexibility index (Phi) is 7.65. The van der Waals surface area contributed by atoms with Crippen molar-refractivity contribution in [3.63, 3.8) is 0 Å². The Morgan fingerprint density at radius 2 is 2.13 bits per heavy atom. The highest BCUT2D eigenvalue weighted by atomic mass is 31.2. The number of ether oxygens (including phenoxy) is 1. The summed E-state index contributed by atoms with van der Waals surface area (Å²) in [6.45, 7) is -0.0458. The SMILES string of the molecule is NC(=O)c1cc([C@@H]2O[C@H](COPOPOPO)[C@@H](O)[C@H]2O)on1. The molecule has 0 radical (unpaired) electrons. The van der Waals surface area contributed by atoms with E-state index in [9.17, 15) is 15.0 Å². The second-order valence-electron chi connectivity index (χ2n) is 4.33. The first-order valence-corrected chi connectivity index (χ1v) is 8.64.